The summed E-state index contributed by atoms with van der Waals surface area (Å²) < 4.78 is 5.07. The van der Waals surface area contributed by atoms with Crippen LogP contribution in [-0.2, 0) is 6.42 Å². The highest BCUT2D eigenvalue weighted by molar-refractivity contribution is 6.29. The Kier molecular flexibility index (Phi) is 3.34. The molecule has 0 unspecified atom stereocenters. The third kappa shape index (κ3) is 3.16. The number of hydrogen-bond acceptors (Lipinski definition) is 3. The van der Waals surface area contributed by atoms with E-state index in [0.717, 1.165) is 5.56 Å². The molecule has 4 heteroatoms. The topological polar surface area (TPSA) is 42.4 Å². The first-order valence-electron chi connectivity index (χ1n) is 4.34. The molecule has 3 nitrogen and oxygen atoms in total. The van der Waals surface area contributed by atoms with Gasteiger partial charge in [0.25, 0.3) is 0 Å². The number of nitrogens with zero attached hydrogens (tertiary/aromatic N) is 1. The fraction of sp³-hybridized carbons (Fsp3) is 0.500. The van der Waals surface area contributed by atoms with Crippen LogP contribution >= 0.6 is 11.6 Å². The Labute approximate surface area is 88.7 Å². The summed E-state index contributed by atoms with van der Waals surface area (Å²) in [7, 11) is 1.53. The highest BCUT2D eigenvalue weighted by Gasteiger charge is 2.17. The smallest absolute Gasteiger partial charge is 0.217 e. The van der Waals surface area contributed by atoms with Crippen LogP contribution in [0.25, 0.3) is 0 Å². The van der Waals surface area contributed by atoms with E-state index in [-0.39, 0.29) is 0 Å². The maximum absolute atomic E-state index is 9.64. The molecular formula is C10H14ClNO2. The van der Waals surface area contributed by atoms with Crippen molar-refractivity contribution in [1.82, 2.24) is 4.98 Å². The molecule has 0 atom stereocenters. The van der Waals surface area contributed by atoms with Gasteiger partial charge in [0, 0.05) is 12.0 Å². The molecule has 0 aromatic carbocycles. The summed E-state index contributed by atoms with van der Waals surface area (Å²) in [6, 6.07) is 3.50. The van der Waals surface area contributed by atoms with E-state index in [2.05, 4.69) is 4.98 Å². The second kappa shape index (κ2) is 4.15. The van der Waals surface area contributed by atoms with Gasteiger partial charge in [0.2, 0.25) is 5.88 Å². The van der Waals surface area contributed by atoms with Crippen molar-refractivity contribution in [3.05, 3.63) is 22.8 Å². The average Bonchev–Trinajstić information content (AvgIpc) is 2.06. The third-order valence-corrected chi connectivity index (χ3v) is 1.93. The average molecular weight is 216 g/mol. The van der Waals surface area contributed by atoms with E-state index in [4.69, 9.17) is 16.3 Å². The van der Waals surface area contributed by atoms with Crippen LogP contribution in [0.2, 0.25) is 5.15 Å². The van der Waals surface area contributed by atoms with Gasteiger partial charge in [-0.1, -0.05) is 17.7 Å². The molecule has 14 heavy (non-hydrogen) atoms. The van der Waals surface area contributed by atoms with Crippen molar-refractivity contribution in [1.29, 1.82) is 0 Å². The quantitative estimate of drug-likeness (QED) is 0.785. The zero-order valence-corrected chi connectivity index (χ0v) is 9.30. The van der Waals surface area contributed by atoms with Crippen molar-refractivity contribution in [3.8, 4) is 5.88 Å². The molecular weight excluding hydrogens is 202 g/mol. The summed E-state index contributed by atoms with van der Waals surface area (Å²) >= 11 is 5.71. The van der Waals surface area contributed by atoms with E-state index in [0.29, 0.717) is 17.5 Å². The Morgan fingerprint density at radius 1 is 1.50 bits per heavy atom. The predicted molar refractivity (Wildman–Crippen MR) is 55.8 cm³/mol. The number of ether oxygens (including phenoxy) is 1. The molecule has 0 bridgehead atoms. The summed E-state index contributed by atoms with van der Waals surface area (Å²) in [5.74, 6) is 0.472. The Morgan fingerprint density at radius 2 is 2.14 bits per heavy atom. The van der Waals surface area contributed by atoms with Crippen LogP contribution < -0.4 is 4.74 Å². The van der Waals surface area contributed by atoms with Gasteiger partial charge < -0.3 is 9.84 Å². The normalized spacial score (nSPS) is 11.5. The molecule has 1 N–H and O–H groups in total. The summed E-state index contributed by atoms with van der Waals surface area (Å²) in [6.45, 7) is 3.47. The van der Waals surface area contributed by atoms with Crippen molar-refractivity contribution >= 4 is 11.6 Å². The Hall–Kier alpha value is -0.800. The number of methoxy groups -OCH3 is 1. The van der Waals surface area contributed by atoms with Gasteiger partial charge in [-0.2, -0.15) is 0 Å². The molecule has 1 heterocycles. The van der Waals surface area contributed by atoms with Gasteiger partial charge in [0.05, 0.1) is 12.7 Å². The number of halogens is 1. The van der Waals surface area contributed by atoms with Gasteiger partial charge in [-0.25, -0.2) is 4.98 Å². The number of hydrogen-bond donors (Lipinski definition) is 1. The second-order valence-corrected chi connectivity index (χ2v) is 4.18. The standard InChI is InChI=1S/C10H14ClNO2/c1-10(2,13)6-7-4-5-8(11)12-9(7)14-3/h4-5,13H,6H2,1-3H3. The molecule has 0 saturated carbocycles. The lowest BCUT2D eigenvalue weighted by atomic mass is 10.00. The van der Waals surface area contributed by atoms with Gasteiger partial charge in [-0.3, -0.25) is 0 Å². The zero-order valence-electron chi connectivity index (χ0n) is 8.54. The number of aromatic nitrogens is 1. The van der Waals surface area contributed by atoms with Gasteiger partial charge in [-0.05, 0) is 19.9 Å². The van der Waals surface area contributed by atoms with Crippen molar-refractivity contribution < 1.29 is 9.84 Å². The minimum Gasteiger partial charge on any atom is -0.481 e. The molecule has 0 aliphatic carbocycles. The number of rotatable bonds is 3. The van der Waals surface area contributed by atoms with Crippen LogP contribution in [0.15, 0.2) is 12.1 Å². The van der Waals surface area contributed by atoms with Gasteiger partial charge in [0.1, 0.15) is 5.15 Å². The first-order chi connectivity index (χ1) is 6.42. The molecule has 0 aliphatic rings. The summed E-state index contributed by atoms with van der Waals surface area (Å²) in [5, 5.41) is 10.0. The molecule has 1 aromatic heterocycles. The zero-order chi connectivity index (χ0) is 10.8. The first kappa shape index (κ1) is 11.3. The molecule has 0 spiro atoms. The molecule has 0 fully saturated rings. The summed E-state index contributed by atoms with van der Waals surface area (Å²) in [4.78, 5) is 4.01. The van der Waals surface area contributed by atoms with Crippen molar-refractivity contribution in [2.75, 3.05) is 7.11 Å². The highest BCUT2D eigenvalue weighted by Crippen LogP contribution is 2.22. The Morgan fingerprint density at radius 3 is 2.64 bits per heavy atom. The van der Waals surface area contributed by atoms with E-state index < -0.39 is 5.60 Å². The van der Waals surface area contributed by atoms with Crippen LogP contribution in [0, 0.1) is 0 Å². The molecule has 0 radical (unpaired) electrons. The first-order valence-corrected chi connectivity index (χ1v) is 4.72. The monoisotopic (exact) mass is 215 g/mol. The molecule has 0 amide bonds. The lowest BCUT2D eigenvalue weighted by Gasteiger charge is -2.18. The summed E-state index contributed by atoms with van der Waals surface area (Å²) in [5.41, 5.74) is 0.0763. The molecule has 1 rings (SSSR count). The fourth-order valence-electron chi connectivity index (χ4n) is 1.22. The van der Waals surface area contributed by atoms with Gasteiger partial charge in [0.15, 0.2) is 0 Å². The van der Waals surface area contributed by atoms with Gasteiger partial charge in [-0.15, -0.1) is 0 Å². The van der Waals surface area contributed by atoms with E-state index in [9.17, 15) is 5.11 Å². The van der Waals surface area contributed by atoms with E-state index in [1.54, 1.807) is 19.9 Å². The SMILES string of the molecule is COc1nc(Cl)ccc1CC(C)(C)O. The van der Waals surface area contributed by atoms with Crippen LogP contribution in [0.3, 0.4) is 0 Å². The van der Waals surface area contributed by atoms with Crippen LogP contribution in [0.1, 0.15) is 19.4 Å². The van der Waals surface area contributed by atoms with Crippen LogP contribution in [0.4, 0.5) is 0 Å². The molecule has 78 valence electrons. The van der Waals surface area contributed by atoms with E-state index >= 15 is 0 Å². The van der Waals surface area contributed by atoms with E-state index in [1.165, 1.54) is 7.11 Å². The lowest BCUT2D eigenvalue weighted by molar-refractivity contribution is 0.0801. The minimum absolute atomic E-state index is 0.390. The number of pyridine rings is 1. The van der Waals surface area contributed by atoms with E-state index in [1.807, 2.05) is 6.07 Å². The predicted octanol–water partition coefficient (Wildman–Crippen LogP) is 2.06. The second-order valence-electron chi connectivity index (χ2n) is 3.79. The lowest BCUT2D eigenvalue weighted by Crippen LogP contribution is -2.22. The van der Waals surface area contributed by atoms with Crippen molar-refractivity contribution in [2.24, 2.45) is 0 Å². The maximum Gasteiger partial charge on any atom is 0.217 e. The van der Waals surface area contributed by atoms with Gasteiger partial charge >= 0.3 is 0 Å². The molecule has 0 aliphatic heterocycles. The van der Waals surface area contributed by atoms with Crippen molar-refractivity contribution in [3.63, 3.8) is 0 Å². The fourth-order valence-corrected chi connectivity index (χ4v) is 1.36. The Bertz CT molecular complexity index is 320. The number of aliphatic hydroxyl groups is 1. The minimum atomic E-state index is -0.775. The summed E-state index contributed by atoms with van der Waals surface area (Å²) in [6.07, 6.45) is 0.486. The molecule has 0 saturated heterocycles. The largest absolute Gasteiger partial charge is 0.481 e. The molecule has 1 aromatic rings. The third-order valence-electron chi connectivity index (χ3n) is 1.72. The van der Waals surface area contributed by atoms with Crippen molar-refractivity contribution in [2.45, 2.75) is 25.9 Å². The highest BCUT2D eigenvalue weighted by atomic mass is 35.5. The maximum atomic E-state index is 9.64. The van der Waals surface area contributed by atoms with Crippen LogP contribution in [0.5, 0.6) is 5.88 Å². The Balaban J connectivity index is 2.97. The van der Waals surface area contributed by atoms with Crippen LogP contribution in [-0.4, -0.2) is 22.8 Å².